The maximum atomic E-state index is 10.9. The van der Waals surface area contributed by atoms with Crippen LogP contribution in [0.15, 0.2) is 41.5 Å². The predicted octanol–water partition coefficient (Wildman–Crippen LogP) is 4.32. The van der Waals surface area contributed by atoms with Gasteiger partial charge in [-0.1, -0.05) is 23.8 Å². The third-order valence-electron chi connectivity index (χ3n) is 6.07. The Kier molecular flexibility index (Phi) is 7.57. The van der Waals surface area contributed by atoms with Gasteiger partial charge >= 0.3 is 5.69 Å². The number of nitrogens with two attached hydrogens (primary N) is 1. The molecule has 1 aliphatic rings. The molecular weight excluding hydrogens is 458 g/mol. The molecule has 0 radical (unpaired) electrons. The highest BCUT2D eigenvalue weighted by Crippen LogP contribution is 2.32. The van der Waals surface area contributed by atoms with E-state index in [-0.39, 0.29) is 11.5 Å². The molecule has 1 fully saturated rings. The van der Waals surface area contributed by atoms with Crippen LogP contribution < -0.4 is 16.4 Å². The van der Waals surface area contributed by atoms with Gasteiger partial charge in [-0.25, -0.2) is 19.9 Å². The first-order valence-corrected chi connectivity index (χ1v) is 12.0. The number of nitrogens with zero attached hydrogens (tertiary/aromatic N) is 6. The van der Waals surface area contributed by atoms with Crippen LogP contribution >= 0.6 is 0 Å². The molecule has 36 heavy (non-hydrogen) atoms. The average molecular weight is 490 g/mol. The van der Waals surface area contributed by atoms with Gasteiger partial charge in [0.25, 0.3) is 0 Å². The van der Waals surface area contributed by atoms with Gasteiger partial charge in [0.05, 0.1) is 11.1 Å². The monoisotopic (exact) mass is 489 g/mol. The van der Waals surface area contributed by atoms with Gasteiger partial charge in [-0.15, -0.1) is 0 Å². The number of nitrogen functional groups attached to an aromatic ring is 1. The molecule has 4 rings (SSSR count). The lowest BCUT2D eigenvalue weighted by molar-refractivity contribution is -0.384. The summed E-state index contributed by atoms with van der Waals surface area (Å²) in [5.74, 6) is 1.79. The second-order valence-electron chi connectivity index (χ2n) is 8.81. The molecule has 4 N–H and O–H groups in total. The van der Waals surface area contributed by atoms with Crippen LogP contribution in [-0.2, 0) is 0 Å². The molecule has 1 aliphatic heterocycles. The van der Waals surface area contributed by atoms with E-state index in [4.69, 9.17) is 15.7 Å². The molecule has 188 valence electrons. The number of nitrogens with one attached hydrogen (secondary N) is 2. The maximum absolute atomic E-state index is 10.9. The number of hydrogen-bond acceptors (Lipinski definition) is 9. The lowest BCUT2D eigenvalue weighted by Gasteiger charge is -2.18. The first kappa shape index (κ1) is 24.8. The Balaban J connectivity index is 1.50. The van der Waals surface area contributed by atoms with Crippen molar-refractivity contribution in [2.45, 2.75) is 33.6 Å². The van der Waals surface area contributed by atoms with Crippen molar-refractivity contribution < 1.29 is 4.92 Å². The third kappa shape index (κ3) is 5.85. The van der Waals surface area contributed by atoms with Crippen LogP contribution in [0.1, 0.15) is 30.9 Å². The van der Waals surface area contributed by atoms with Crippen LogP contribution in [0.2, 0.25) is 0 Å². The maximum Gasteiger partial charge on any atom is 0.311 e. The van der Waals surface area contributed by atoms with Crippen molar-refractivity contribution >= 4 is 34.8 Å². The lowest BCUT2D eigenvalue weighted by atomic mass is 10.0. The Morgan fingerprint density at radius 3 is 2.58 bits per heavy atom. The SMILES string of the molecule is CC(=Nc1cnc(NCCNc2ccc([N+](=O)[O-])c(N)n2)nc1-c1ccc(C)cc1C)N1CCCC1. The van der Waals surface area contributed by atoms with Crippen molar-refractivity contribution in [3.05, 3.63) is 57.8 Å². The number of rotatable bonds is 8. The van der Waals surface area contributed by atoms with Gasteiger partial charge in [-0.3, -0.25) is 10.1 Å². The molecule has 0 atom stereocenters. The fourth-order valence-electron chi connectivity index (χ4n) is 4.19. The molecule has 11 heteroatoms. The van der Waals surface area contributed by atoms with Gasteiger partial charge in [-0.05, 0) is 45.2 Å². The second kappa shape index (κ2) is 11.0. The van der Waals surface area contributed by atoms with Gasteiger partial charge in [0.15, 0.2) is 0 Å². The highest BCUT2D eigenvalue weighted by molar-refractivity contribution is 5.86. The summed E-state index contributed by atoms with van der Waals surface area (Å²) in [6.07, 6.45) is 4.13. The zero-order valence-electron chi connectivity index (χ0n) is 20.8. The van der Waals surface area contributed by atoms with Gasteiger partial charge in [0.1, 0.15) is 23.0 Å². The number of aliphatic imine (C=N–C) groups is 1. The zero-order chi connectivity index (χ0) is 25.7. The minimum absolute atomic E-state index is 0.125. The molecule has 3 heterocycles. The van der Waals surface area contributed by atoms with Crippen molar-refractivity contribution in [2.75, 3.05) is 42.5 Å². The number of aryl methyl sites for hydroxylation is 2. The minimum Gasteiger partial charge on any atom is -0.378 e. The number of likely N-dealkylation sites (tertiary alicyclic amines) is 1. The summed E-state index contributed by atoms with van der Waals surface area (Å²) in [6, 6.07) is 9.15. The number of pyridine rings is 1. The highest BCUT2D eigenvalue weighted by Gasteiger charge is 2.16. The molecule has 2 aromatic heterocycles. The Labute approximate surface area is 210 Å². The number of benzene rings is 1. The molecule has 0 bridgehead atoms. The predicted molar refractivity (Wildman–Crippen MR) is 143 cm³/mol. The summed E-state index contributed by atoms with van der Waals surface area (Å²) in [5.41, 5.74) is 10.3. The summed E-state index contributed by atoms with van der Waals surface area (Å²) in [7, 11) is 0. The van der Waals surface area contributed by atoms with E-state index in [1.807, 2.05) is 6.92 Å². The summed E-state index contributed by atoms with van der Waals surface area (Å²) < 4.78 is 0. The molecule has 11 nitrogen and oxygen atoms in total. The van der Waals surface area contributed by atoms with Crippen molar-refractivity contribution in [1.29, 1.82) is 0 Å². The molecule has 1 saturated heterocycles. The van der Waals surface area contributed by atoms with Gasteiger partial charge in [-0.2, -0.15) is 0 Å². The molecule has 3 aromatic rings. The number of aromatic nitrogens is 3. The van der Waals surface area contributed by atoms with Gasteiger partial charge < -0.3 is 21.3 Å². The summed E-state index contributed by atoms with van der Waals surface area (Å²) in [6.45, 7) is 9.22. The van der Waals surface area contributed by atoms with Gasteiger partial charge in [0, 0.05) is 37.8 Å². The summed E-state index contributed by atoms with van der Waals surface area (Å²) >= 11 is 0. The zero-order valence-corrected chi connectivity index (χ0v) is 20.8. The van der Waals surface area contributed by atoms with E-state index in [0.717, 1.165) is 41.4 Å². The summed E-state index contributed by atoms with van der Waals surface area (Å²) in [4.78, 5) is 30.9. The average Bonchev–Trinajstić information content (AvgIpc) is 3.38. The molecule has 0 amide bonds. The Morgan fingerprint density at radius 2 is 1.89 bits per heavy atom. The van der Waals surface area contributed by atoms with Crippen LogP contribution in [0.3, 0.4) is 0 Å². The van der Waals surface area contributed by atoms with Crippen molar-refractivity contribution in [3.8, 4) is 11.3 Å². The highest BCUT2D eigenvalue weighted by atomic mass is 16.6. The van der Waals surface area contributed by atoms with Crippen LogP contribution in [0.25, 0.3) is 11.3 Å². The minimum atomic E-state index is -0.557. The number of hydrogen-bond donors (Lipinski definition) is 3. The van der Waals surface area contributed by atoms with Crippen LogP contribution in [0.5, 0.6) is 0 Å². The molecule has 0 saturated carbocycles. The van der Waals surface area contributed by atoms with Crippen molar-refractivity contribution in [2.24, 2.45) is 4.99 Å². The van der Waals surface area contributed by atoms with Crippen LogP contribution in [-0.4, -0.2) is 56.8 Å². The quantitative estimate of drug-likeness (QED) is 0.138. The van der Waals surface area contributed by atoms with Crippen LogP contribution in [0.4, 0.5) is 29.0 Å². The Hall–Kier alpha value is -4.28. The largest absolute Gasteiger partial charge is 0.378 e. The molecular formula is C25H31N9O2. The number of anilines is 3. The Bertz CT molecular complexity index is 1290. The standard InChI is InChI=1S/C25H31N9O2/c1-16-6-7-19(17(2)14-16)23-20(30-18(3)33-12-4-5-13-33)15-29-25(32-23)28-11-10-27-22-9-8-21(34(35)36)24(26)31-22/h6-9,14-15H,4-5,10-13H2,1-3H3,(H3,26,27,31)(H,28,29,32). The molecule has 1 aromatic carbocycles. The number of nitro groups is 1. The fourth-order valence-corrected chi connectivity index (χ4v) is 4.19. The van der Waals surface area contributed by atoms with E-state index in [2.05, 4.69) is 57.5 Å². The topological polar surface area (TPSA) is 147 Å². The molecule has 0 unspecified atom stereocenters. The van der Waals surface area contributed by atoms with Crippen LogP contribution in [0, 0.1) is 24.0 Å². The first-order chi connectivity index (χ1) is 17.3. The Morgan fingerprint density at radius 1 is 1.14 bits per heavy atom. The van der Waals surface area contributed by atoms with Crippen molar-refractivity contribution in [3.63, 3.8) is 0 Å². The first-order valence-electron chi connectivity index (χ1n) is 12.0. The second-order valence-corrected chi connectivity index (χ2v) is 8.81. The van der Waals surface area contributed by atoms with E-state index < -0.39 is 4.92 Å². The van der Waals surface area contributed by atoms with Crippen molar-refractivity contribution in [1.82, 2.24) is 19.9 Å². The van der Waals surface area contributed by atoms with E-state index in [9.17, 15) is 10.1 Å². The number of amidine groups is 1. The molecule has 0 aliphatic carbocycles. The van der Waals surface area contributed by atoms with E-state index in [1.165, 1.54) is 30.5 Å². The van der Waals surface area contributed by atoms with E-state index in [1.54, 1.807) is 6.20 Å². The normalized spacial score (nSPS) is 13.6. The fraction of sp³-hybridized carbons (Fsp3) is 0.360. The van der Waals surface area contributed by atoms with E-state index in [0.29, 0.717) is 24.9 Å². The molecule has 0 spiro atoms. The smallest absolute Gasteiger partial charge is 0.311 e. The third-order valence-corrected chi connectivity index (χ3v) is 6.07. The van der Waals surface area contributed by atoms with Gasteiger partial charge in [0.2, 0.25) is 11.8 Å². The van der Waals surface area contributed by atoms with E-state index >= 15 is 0 Å². The lowest BCUT2D eigenvalue weighted by Crippen LogP contribution is -2.24. The summed E-state index contributed by atoms with van der Waals surface area (Å²) in [5, 5.41) is 17.2.